The number of aliphatic carboxylic acids is 1. The summed E-state index contributed by atoms with van der Waals surface area (Å²) in [5.41, 5.74) is 2.92. The molecule has 0 saturated carbocycles. The van der Waals surface area contributed by atoms with Gasteiger partial charge in [0.1, 0.15) is 0 Å². The van der Waals surface area contributed by atoms with Crippen molar-refractivity contribution >= 4 is 28.9 Å². The van der Waals surface area contributed by atoms with E-state index in [9.17, 15) is 9.35 Å². The summed E-state index contributed by atoms with van der Waals surface area (Å²) in [6, 6.07) is 13.8. The molecule has 1 unspecified atom stereocenters. The maximum Gasteiger partial charge on any atom is 0.307 e. The van der Waals surface area contributed by atoms with E-state index in [2.05, 4.69) is 35.2 Å². The molecular formula is C24H31ClN2O3S. The molecule has 1 aliphatic rings. The summed E-state index contributed by atoms with van der Waals surface area (Å²) in [5.74, 6) is -0.878. The van der Waals surface area contributed by atoms with Gasteiger partial charge < -0.3 is 9.66 Å². The summed E-state index contributed by atoms with van der Waals surface area (Å²) >= 11 is 4.64. The first kappa shape index (κ1) is 24.1. The van der Waals surface area contributed by atoms with Crippen LogP contribution in [0.3, 0.4) is 0 Å². The Morgan fingerprint density at radius 1 is 1.13 bits per heavy atom. The topological polar surface area (TPSA) is 66.8 Å². The summed E-state index contributed by atoms with van der Waals surface area (Å²) in [5, 5.41) is 9.87. The molecule has 168 valence electrons. The molecule has 1 saturated heterocycles. The van der Waals surface area contributed by atoms with Gasteiger partial charge >= 0.3 is 5.97 Å². The number of carboxylic acids is 1. The van der Waals surface area contributed by atoms with Gasteiger partial charge in [-0.1, -0.05) is 29.8 Å². The van der Waals surface area contributed by atoms with Gasteiger partial charge in [-0.25, -0.2) is 0 Å². The van der Waals surface area contributed by atoms with Gasteiger partial charge in [0.05, 0.1) is 29.9 Å². The monoisotopic (exact) mass is 462 g/mol. The summed E-state index contributed by atoms with van der Waals surface area (Å²) < 4.78 is 15.5. The molecule has 1 fully saturated rings. The molecule has 31 heavy (non-hydrogen) atoms. The second kappa shape index (κ2) is 10.8. The number of carbonyl (C=O) groups is 1. The fourth-order valence-corrected chi connectivity index (χ4v) is 6.10. The van der Waals surface area contributed by atoms with E-state index >= 15 is 0 Å². The number of aryl methyl sites for hydroxylation is 2. The smallest absolute Gasteiger partial charge is 0.307 e. The summed E-state index contributed by atoms with van der Waals surface area (Å²) in [6.07, 6.45) is 2.03. The quantitative estimate of drug-likeness (QED) is 0.591. The van der Waals surface area contributed by atoms with Crippen LogP contribution in [0, 0.1) is 6.92 Å². The molecule has 0 aliphatic carbocycles. The Kier molecular flexibility index (Phi) is 8.42. The van der Waals surface area contributed by atoms with E-state index in [1.54, 1.807) is 6.07 Å². The van der Waals surface area contributed by atoms with Crippen molar-refractivity contribution in [1.82, 2.24) is 9.21 Å². The molecule has 0 amide bonds. The van der Waals surface area contributed by atoms with Crippen molar-refractivity contribution < 1.29 is 14.5 Å². The highest BCUT2D eigenvalue weighted by atomic mass is 35.5. The van der Waals surface area contributed by atoms with E-state index in [1.807, 2.05) is 31.2 Å². The third-order valence-electron chi connectivity index (χ3n) is 5.63. The second-order valence-corrected chi connectivity index (χ2v) is 10.3. The molecule has 1 N–H and O–H groups in total. The van der Waals surface area contributed by atoms with Crippen LogP contribution in [0.15, 0.2) is 47.4 Å². The highest BCUT2D eigenvalue weighted by Crippen LogP contribution is 2.27. The van der Waals surface area contributed by atoms with Crippen LogP contribution in [-0.2, 0) is 29.0 Å². The highest BCUT2D eigenvalue weighted by molar-refractivity contribution is 7.89. The normalized spacial score (nSPS) is 21.2. The van der Waals surface area contributed by atoms with Crippen LogP contribution in [0.5, 0.6) is 0 Å². The number of nitrogens with zero attached hydrogens (tertiary/aromatic N) is 2. The molecule has 0 spiro atoms. The van der Waals surface area contributed by atoms with Crippen molar-refractivity contribution in [2.45, 2.75) is 57.0 Å². The minimum Gasteiger partial charge on any atom is -0.593 e. The first-order valence-corrected chi connectivity index (χ1v) is 12.2. The fraction of sp³-hybridized carbons (Fsp3) is 0.458. The first-order valence-electron chi connectivity index (χ1n) is 10.7. The van der Waals surface area contributed by atoms with Crippen molar-refractivity contribution in [2.24, 2.45) is 0 Å². The molecule has 5 nitrogen and oxygen atoms in total. The highest BCUT2D eigenvalue weighted by Gasteiger charge is 2.38. The standard InChI is InChI=1S/C24H31ClN2O3S/c1-17-11-21(14-24(28)29)13-23(12-17)31(30)27-18(2)15-26(16-19(27)3)10-4-5-20-6-8-22(25)9-7-20/h6-9,11-13,18-19H,4-5,10,14-16H2,1-3H3,(H,28,29)/t18-,19+,31?. The molecule has 1 heterocycles. The Morgan fingerprint density at radius 2 is 1.77 bits per heavy atom. The number of hydrogen-bond acceptors (Lipinski definition) is 4. The second-order valence-electron chi connectivity index (χ2n) is 8.52. The van der Waals surface area contributed by atoms with Gasteiger partial charge in [0, 0.05) is 18.1 Å². The Bertz CT molecular complexity index is 881. The van der Waals surface area contributed by atoms with Gasteiger partial charge in [0.15, 0.2) is 4.90 Å². The predicted molar refractivity (Wildman–Crippen MR) is 126 cm³/mol. The lowest BCUT2D eigenvalue weighted by molar-refractivity contribution is -0.136. The minimum absolute atomic E-state index is 0.0572. The molecule has 7 heteroatoms. The van der Waals surface area contributed by atoms with Gasteiger partial charge in [0.25, 0.3) is 0 Å². The molecule has 1 aliphatic heterocycles. The van der Waals surface area contributed by atoms with Crippen LogP contribution in [0.4, 0.5) is 0 Å². The van der Waals surface area contributed by atoms with E-state index in [4.69, 9.17) is 16.7 Å². The predicted octanol–water partition coefficient (Wildman–Crippen LogP) is 4.33. The third-order valence-corrected chi connectivity index (χ3v) is 7.62. The zero-order valence-electron chi connectivity index (χ0n) is 18.4. The lowest BCUT2D eigenvalue weighted by atomic mass is 10.1. The van der Waals surface area contributed by atoms with Crippen LogP contribution in [0.2, 0.25) is 5.02 Å². The number of rotatable bonds is 8. The van der Waals surface area contributed by atoms with E-state index in [0.29, 0.717) is 10.5 Å². The van der Waals surface area contributed by atoms with Crippen LogP contribution >= 0.6 is 11.6 Å². The van der Waals surface area contributed by atoms with Crippen LogP contribution in [-0.4, -0.2) is 56.6 Å². The molecule has 0 aromatic heterocycles. The molecular weight excluding hydrogens is 432 g/mol. The Labute approximate surface area is 193 Å². The lowest BCUT2D eigenvalue weighted by Crippen LogP contribution is -2.58. The largest absolute Gasteiger partial charge is 0.593 e. The molecule has 3 atom stereocenters. The summed E-state index contributed by atoms with van der Waals surface area (Å²) in [6.45, 7) is 8.89. The van der Waals surface area contributed by atoms with Crippen LogP contribution in [0.1, 0.15) is 37.0 Å². The Morgan fingerprint density at radius 3 is 2.39 bits per heavy atom. The van der Waals surface area contributed by atoms with Gasteiger partial charge in [0.2, 0.25) is 0 Å². The van der Waals surface area contributed by atoms with E-state index in [1.165, 1.54) is 5.56 Å². The molecule has 2 aromatic rings. The maximum absolute atomic E-state index is 13.4. The average Bonchev–Trinajstić information content (AvgIpc) is 2.68. The number of halogens is 1. The zero-order chi connectivity index (χ0) is 22.5. The number of carboxylic acid groups (broad SMARTS) is 1. The van der Waals surface area contributed by atoms with Crippen molar-refractivity contribution in [3.63, 3.8) is 0 Å². The Hall–Kier alpha value is -1.57. The summed E-state index contributed by atoms with van der Waals surface area (Å²) in [4.78, 5) is 14.2. The first-order chi connectivity index (χ1) is 14.7. The van der Waals surface area contributed by atoms with Crippen LogP contribution in [0.25, 0.3) is 0 Å². The number of benzene rings is 2. The lowest BCUT2D eigenvalue weighted by Gasteiger charge is -2.43. The molecule has 2 aromatic carbocycles. The number of hydrogen-bond donors (Lipinski definition) is 1. The average molecular weight is 463 g/mol. The van der Waals surface area contributed by atoms with E-state index in [-0.39, 0.29) is 18.5 Å². The molecule has 3 rings (SSSR count). The van der Waals surface area contributed by atoms with E-state index in [0.717, 1.165) is 43.1 Å². The molecule has 0 bridgehead atoms. The van der Waals surface area contributed by atoms with Crippen LogP contribution < -0.4 is 0 Å². The Balaban J connectivity index is 1.59. The fourth-order valence-electron chi connectivity index (χ4n) is 4.41. The zero-order valence-corrected chi connectivity index (χ0v) is 20.0. The summed E-state index contributed by atoms with van der Waals surface area (Å²) in [7, 11) is 0. The van der Waals surface area contributed by atoms with Gasteiger partial charge in [-0.15, -0.1) is 4.31 Å². The molecule has 0 radical (unpaired) electrons. The minimum atomic E-state index is -1.32. The van der Waals surface area contributed by atoms with Crippen molar-refractivity contribution in [3.8, 4) is 0 Å². The van der Waals surface area contributed by atoms with Gasteiger partial charge in [-0.3, -0.25) is 9.69 Å². The maximum atomic E-state index is 13.4. The van der Waals surface area contributed by atoms with Crippen molar-refractivity contribution in [2.75, 3.05) is 19.6 Å². The van der Waals surface area contributed by atoms with Crippen molar-refractivity contribution in [1.29, 1.82) is 0 Å². The third kappa shape index (κ3) is 6.70. The van der Waals surface area contributed by atoms with Gasteiger partial charge in [-0.05, 0) is 81.1 Å². The SMILES string of the molecule is Cc1cc(CC(=O)O)cc([S+]([O-])N2[C@H](C)CN(CCCc3ccc(Cl)cc3)C[C@@H]2C)c1. The van der Waals surface area contributed by atoms with Gasteiger partial charge in [-0.2, -0.15) is 0 Å². The van der Waals surface area contributed by atoms with Crippen molar-refractivity contribution in [3.05, 3.63) is 64.2 Å². The number of piperazine rings is 1. The van der Waals surface area contributed by atoms with E-state index < -0.39 is 17.3 Å².